The van der Waals surface area contributed by atoms with Gasteiger partial charge in [0.25, 0.3) is 0 Å². The van der Waals surface area contributed by atoms with E-state index in [0.29, 0.717) is 22.3 Å². The second kappa shape index (κ2) is 5.08. The van der Waals surface area contributed by atoms with E-state index >= 15 is 0 Å². The number of ether oxygens (including phenoxy) is 1. The van der Waals surface area contributed by atoms with Crippen LogP contribution in [0.25, 0.3) is 11.2 Å². The van der Waals surface area contributed by atoms with Crippen molar-refractivity contribution in [3.8, 4) is 0 Å². The van der Waals surface area contributed by atoms with Gasteiger partial charge < -0.3 is 20.7 Å². The lowest BCUT2D eigenvalue weighted by Crippen LogP contribution is -2.24. The first kappa shape index (κ1) is 14.0. The normalized spacial score (nSPS) is 26.5. The molecule has 1 saturated heterocycles. The van der Waals surface area contributed by atoms with Gasteiger partial charge in [-0.25, -0.2) is 4.98 Å². The third kappa shape index (κ3) is 2.15. The Kier molecular flexibility index (Phi) is 3.55. The van der Waals surface area contributed by atoms with Crippen molar-refractivity contribution in [2.45, 2.75) is 24.9 Å². The smallest absolute Gasteiger partial charge is 0.226 e. The van der Waals surface area contributed by atoms with Crippen LogP contribution in [0.2, 0.25) is 5.28 Å². The van der Waals surface area contributed by atoms with Gasteiger partial charge >= 0.3 is 0 Å². The maximum absolute atomic E-state index is 9.81. The molecular formula is C10H11BrClN5O3. The highest BCUT2D eigenvalue weighted by atomic mass is 79.9. The highest BCUT2D eigenvalue weighted by Gasteiger charge is 2.36. The molecule has 108 valence electrons. The number of anilines is 1. The van der Waals surface area contributed by atoms with E-state index < -0.39 is 18.4 Å². The van der Waals surface area contributed by atoms with Crippen LogP contribution in [-0.4, -0.2) is 48.5 Å². The monoisotopic (exact) mass is 363 g/mol. The lowest BCUT2D eigenvalue weighted by Gasteiger charge is -2.14. The molecule has 1 aliphatic rings. The van der Waals surface area contributed by atoms with Crippen molar-refractivity contribution in [1.82, 2.24) is 19.5 Å². The van der Waals surface area contributed by atoms with Crippen molar-refractivity contribution in [3.63, 3.8) is 0 Å². The minimum atomic E-state index is -0.760. The number of rotatable bonds is 2. The molecule has 0 spiro atoms. The Hall–Kier alpha value is -1.00. The van der Waals surface area contributed by atoms with Crippen LogP contribution in [0.3, 0.4) is 0 Å². The van der Waals surface area contributed by atoms with Gasteiger partial charge in [0.15, 0.2) is 21.7 Å². The molecule has 0 unspecified atom stereocenters. The van der Waals surface area contributed by atoms with E-state index in [1.165, 1.54) is 0 Å². The van der Waals surface area contributed by atoms with Crippen LogP contribution in [0.15, 0.2) is 4.73 Å². The average Bonchev–Trinajstić information content (AvgIpc) is 2.89. The lowest BCUT2D eigenvalue weighted by atomic mass is 10.2. The average molecular weight is 365 g/mol. The van der Waals surface area contributed by atoms with Crippen LogP contribution in [0.5, 0.6) is 0 Å². The van der Waals surface area contributed by atoms with E-state index in [1.807, 2.05) is 0 Å². The van der Waals surface area contributed by atoms with Gasteiger partial charge in [-0.2, -0.15) is 9.97 Å². The fourth-order valence-corrected chi connectivity index (χ4v) is 2.98. The highest BCUT2D eigenvalue weighted by Crippen LogP contribution is 2.34. The summed E-state index contributed by atoms with van der Waals surface area (Å²) in [4.78, 5) is 12.2. The Morgan fingerprint density at radius 3 is 2.85 bits per heavy atom. The van der Waals surface area contributed by atoms with E-state index in [2.05, 4.69) is 30.9 Å². The molecular weight excluding hydrogens is 353 g/mol. The van der Waals surface area contributed by atoms with Gasteiger partial charge in [-0.15, -0.1) is 0 Å². The lowest BCUT2D eigenvalue weighted by molar-refractivity contribution is -0.0439. The van der Waals surface area contributed by atoms with E-state index in [-0.39, 0.29) is 17.7 Å². The maximum Gasteiger partial charge on any atom is 0.226 e. The molecule has 2 aromatic heterocycles. The Labute approximate surface area is 126 Å². The van der Waals surface area contributed by atoms with E-state index in [4.69, 9.17) is 27.2 Å². The second-order valence-corrected chi connectivity index (χ2v) is 5.46. The zero-order chi connectivity index (χ0) is 14.4. The third-order valence-corrected chi connectivity index (χ3v) is 3.90. The number of fused-ring (bicyclic) bond motifs is 1. The van der Waals surface area contributed by atoms with E-state index in [0.717, 1.165) is 0 Å². The molecule has 3 atom stereocenters. The largest absolute Gasteiger partial charge is 0.394 e. The maximum atomic E-state index is 9.81. The zero-order valence-corrected chi connectivity index (χ0v) is 12.4. The highest BCUT2D eigenvalue weighted by molar-refractivity contribution is 9.10. The number of hydrogen-bond acceptors (Lipinski definition) is 7. The fourth-order valence-electron chi connectivity index (χ4n) is 2.23. The van der Waals surface area contributed by atoms with Gasteiger partial charge in [0, 0.05) is 6.42 Å². The summed E-state index contributed by atoms with van der Waals surface area (Å²) in [7, 11) is 0. The van der Waals surface area contributed by atoms with Crippen LogP contribution in [0.1, 0.15) is 12.6 Å². The van der Waals surface area contributed by atoms with Gasteiger partial charge in [0.05, 0.1) is 12.7 Å². The Balaban J connectivity index is 2.10. The van der Waals surface area contributed by atoms with Crippen LogP contribution in [-0.2, 0) is 4.74 Å². The molecule has 10 heteroatoms. The quantitative estimate of drug-likeness (QED) is 0.523. The van der Waals surface area contributed by atoms with Gasteiger partial charge in [-0.1, -0.05) is 0 Å². The van der Waals surface area contributed by atoms with Crippen LogP contribution >= 0.6 is 27.5 Å². The summed E-state index contributed by atoms with van der Waals surface area (Å²) >= 11 is 9.11. The first-order chi connectivity index (χ1) is 9.51. The Morgan fingerprint density at radius 1 is 1.45 bits per heavy atom. The predicted octanol–water partition coefficient (Wildman–Crippen LogP) is 0.465. The van der Waals surface area contributed by atoms with Crippen molar-refractivity contribution in [2.24, 2.45) is 0 Å². The minimum absolute atomic E-state index is 0.000837. The number of nitrogen functional groups attached to an aromatic ring is 1. The van der Waals surface area contributed by atoms with Crippen molar-refractivity contribution >= 4 is 44.5 Å². The predicted molar refractivity (Wildman–Crippen MR) is 74.1 cm³/mol. The van der Waals surface area contributed by atoms with Crippen LogP contribution in [0, 0.1) is 0 Å². The molecule has 0 aromatic carbocycles. The number of halogens is 2. The van der Waals surface area contributed by atoms with Crippen LogP contribution < -0.4 is 5.73 Å². The Morgan fingerprint density at radius 2 is 2.20 bits per heavy atom. The zero-order valence-electron chi connectivity index (χ0n) is 10.1. The number of imidazole rings is 1. The molecule has 3 heterocycles. The van der Waals surface area contributed by atoms with Gasteiger partial charge in [-0.05, 0) is 27.5 Å². The first-order valence-corrected chi connectivity index (χ1v) is 6.99. The fraction of sp³-hybridized carbons (Fsp3) is 0.500. The summed E-state index contributed by atoms with van der Waals surface area (Å²) in [5.41, 5.74) is 6.56. The SMILES string of the molecule is Nc1nc(Cl)nc2c1nc(Br)n2[C@H]1C[C@H](O)[C@@H](CO)O1. The molecule has 1 fully saturated rings. The molecule has 0 aliphatic carbocycles. The summed E-state index contributed by atoms with van der Waals surface area (Å²) in [6.07, 6.45) is -1.62. The molecule has 4 N–H and O–H groups in total. The standard InChI is InChI=1S/C10H11BrClN5O3/c11-9-14-6-7(13)15-10(12)16-8(6)17(9)5-1-3(19)4(2-18)20-5/h3-5,18-19H,1-2H2,(H2,13,15,16)/t3-,4+,5+/m0/s1. The van der Waals surface area contributed by atoms with Gasteiger partial charge in [-0.3, -0.25) is 4.57 Å². The molecule has 0 amide bonds. The topological polar surface area (TPSA) is 119 Å². The number of hydrogen-bond donors (Lipinski definition) is 3. The molecule has 20 heavy (non-hydrogen) atoms. The summed E-state index contributed by atoms with van der Waals surface area (Å²) in [6, 6.07) is 0. The van der Waals surface area contributed by atoms with Gasteiger partial charge in [0.1, 0.15) is 12.3 Å². The third-order valence-electron chi connectivity index (χ3n) is 3.17. The van der Waals surface area contributed by atoms with Crippen molar-refractivity contribution in [3.05, 3.63) is 10.0 Å². The summed E-state index contributed by atoms with van der Waals surface area (Å²) in [5, 5.41) is 18.9. The van der Waals surface area contributed by atoms with E-state index in [1.54, 1.807) is 4.57 Å². The summed E-state index contributed by atoms with van der Waals surface area (Å²) < 4.78 is 7.64. The van der Waals surface area contributed by atoms with Crippen LogP contribution in [0.4, 0.5) is 5.82 Å². The first-order valence-electron chi connectivity index (χ1n) is 5.82. The molecule has 0 radical (unpaired) electrons. The number of nitrogens with two attached hydrogens (primary N) is 1. The van der Waals surface area contributed by atoms with Crippen molar-refractivity contribution < 1.29 is 14.9 Å². The van der Waals surface area contributed by atoms with Crippen molar-refractivity contribution in [2.75, 3.05) is 12.3 Å². The minimum Gasteiger partial charge on any atom is -0.394 e. The number of aliphatic hydroxyl groups excluding tert-OH is 2. The molecule has 0 saturated carbocycles. The molecule has 8 nitrogen and oxygen atoms in total. The molecule has 1 aliphatic heterocycles. The number of aromatic nitrogens is 4. The molecule has 3 rings (SSSR count). The number of nitrogens with zero attached hydrogens (tertiary/aromatic N) is 4. The van der Waals surface area contributed by atoms with Crippen molar-refractivity contribution in [1.29, 1.82) is 0 Å². The number of aliphatic hydroxyl groups is 2. The second-order valence-electron chi connectivity index (χ2n) is 4.42. The Bertz CT molecular complexity index is 666. The molecule has 2 aromatic rings. The summed E-state index contributed by atoms with van der Waals surface area (Å²) in [6.45, 7) is -0.264. The summed E-state index contributed by atoms with van der Waals surface area (Å²) in [5.74, 6) is 0.164. The van der Waals surface area contributed by atoms with E-state index in [9.17, 15) is 5.11 Å². The van der Waals surface area contributed by atoms with Gasteiger partial charge in [0.2, 0.25) is 5.28 Å². The molecule has 0 bridgehead atoms.